The van der Waals surface area contributed by atoms with E-state index in [0.717, 1.165) is 25.7 Å². The molecule has 0 aliphatic heterocycles. The van der Waals surface area contributed by atoms with Crippen molar-refractivity contribution in [3.63, 3.8) is 0 Å². The van der Waals surface area contributed by atoms with Gasteiger partial charge in [0.25, 0.3) is 0 Å². The summed E-state index contributed by atoms with van der Waals surface area (Å²) in [4.78, 5) is 0. The Balaban J connectivity index is -0.0000000257. The fraction of sp³-hybridized carbons (Fsp3) is 0.750. The summed E-state index contributed by atoms with van der Waals surface area (Å²) in [7, 11) is 0. The van der Waals surface area contributed by atoms with E-state index >= 15 is 0 Å². The van der Waals surface area contributed by atoms with E-state index in [2.05, 4.69) is 55.4 Å². The van der Waals surface area contributed by atoms with E-state index in [4.69, 9.17) is 0 Å². The SMILES string of the molecule is [CH2-]CCC.[CH2-]CCC.[CH2-]CCC.[CH2-]CCC.[Ti+4].[Ti]. The second kappa shape index (κ2) is 63.0. The van der Waals surface area contributed by atoms with Gasteiger partial charge in [-0.15, -0.1) is 0 Å². The molecule has 0 bridgehead atoms. The van der Waals surface area contributed by atoms with Gasteiger partial charge in [-0.3, -0.25) is 0 Å². The number of hydrogen-bond acceptors (Lipinski definition) is 0. The maximum atomic E-state index is 3.60. The van der Waals surface area contributed by atoms with Crippen molar-refractivity contribution >= 4 is 0 Å². The Morgan fingerprint density at radius 3 is 0.556 bits per heavy atom. The van der Waals surface area contributed by atoms with Crippen LogP contribution in [0.5, 0.6) is 0 Å². The fourth-order valence-electron chi connectivity index (χ4n) is 0. The summed E-state index contributed by atoms with van der Waals surface area (Å²) in [5.41, 5.74) is 0. The van der Waals surface area contributed by atoms with Crippen molar-refractivity contribution in [2.24, 2.45) is 0 Å². The maximum absolute atomic E-state index is 3.60. The van der Waals surface area contributed by atoms with Gasteiger partial charge in [0, 0.05) is 21.7 Å². The summed E-state index contributed by atoms with van der Waals surface area (Å²) in [6, 6.07) is 0. The van der Waals surface area contributed by atoms with Gasteiger partial charge in [-0.1, -0.05) is 53.4 Å². The van der Waals surface area contributed by atoms with Crippen LogP contribution in [0.2, 0.25) is 0 Å². The molecule has 0 amide bonds. The van der Waals surface area contributed by atoms with Crippen molar-refractivity contribution in [1.29, 1.82) is 0 Å². The van der Waals surface area contributed by atoms with Crippen molar-refractivity contribution in [2.75, 3.05) is 0 Å². The van der Waals surface area contributed by atoms with Gasteiger partial charge >= 0.3 is 21.7 Å². The van der Waals surface area contributed by atoms with E-state index in [1.54, 1.807) is 0 Å². The van der Waals surface area contributed by atoms with E-state index in [1.165, 1.54) is 25.7 Å². The van der Waals surface area contributed by atoms with Crippen molar-refractivity contribution in [3.8, 4) is 0 Å². The fourth-order valence-corrected chi connectivity index (χ4v) is 0. The molecule has 0 spiro atoms. The predicted molar refractivity (Wildman–Crippen MR) is 81.1 cm³/mol. The second-order valence-electron chi connectivity index (χ2n) is 3.41. The Hall–Kier alpha value is 1.43. The molecule has 0 radical (unpaired) electrons. The van der Waals surface area contributed by atoms with Gasteiger partial charge in [0.1, 0.15) is 0 Å². The minimum atomic E-state index is 0. The van der Waals surface area contributed by atoms with Gasteiger partial charge in [0.05, 0.1) is 0 Å². The summed E-state index contributed by atoms with van der Waals surface area (Å²) in [5, 5.41) is 0. The predicted octanol–water partition coefficient (Wildman–Crippen LogP) is 6.48. The van der Waals surface area contributed by atoms with Gasteiger partial charge in [-0.05, 0) is 0 Å². The molecular weight excluding hydrogens is 288 g/mol. The first-order chi connectivity index (χ1) is 7.66. The molecule has 18 heavy (non-hydrogen) atoms. The van der Waals surface area contributed by atoms with E-state index in [0.29, 0.717) is 0 Å². The Bertz CT molecular complexity index is 33.1. The van der Waals surface area contributed by atoms with Crippen LogP contribution >= 0.6 is 0 Å². The van der Waals surface area contributed by atoms with Crippen LogP contribution in [0.4, 0.5) is 0 Å². The zero-order valence-electron chi connectivity index (χ0n) is 13.5. The van der Waals surface area contributed by atoms with E-state index < -0.39 is 0 Å². The molecule has 0 aliphatic carbocycles. The molecule has 2 heteroatoms. The van der Waals surface area contributed by atoms with E-state index in [1.807, 2.05) is 0 Å². The van der Waals surface area contributed by atoms with Crippen LogP contribution in [0.3, 0.4) is 0 Å². The zero-order chi connectivity index (χ0) is 13.7. The average Bonchev–Trinajstić information content (AvgIpc) is 2.39. The third-order valence-electron chi connectivity index (χ3n) is 1.41. The molecule has 0 saturated heterocycles. The molecule has 0 aromatic rings. The molecule has 0 saturated carbocycles. The zero-order valence-corrected chi connectivity index (χ0v) is 16.6. The monoisotopic (exact) mass is 324 g/mol. The van der Waals surface area contributed by atoms with Gasteiger partial charge in [0.2, 0.25) is 0 Å². The summed E-state index contributed by atoms with van der Waals surface area (Å²) < 4.78 is 0. The summed E-state index contributed by atoms with van der Waals surface area (Å²) in [6.45, 7) is 22.9. The molecule has 0 aliphatic rings. The first kappa shape index (κ1) is 36.6. The number of hydrogen-bond donors (Lipinski definition) is 0. The quantitative estimate of drug-likeness (QED) is 0.410. The van der Waals surface area contributed by atoms with Crippen molar-refractivity contribution < 1.29 is 43.4 Å². The van der Waals surface area contributed by atoms with E-state index in [-0.39, 0.29) is 43.4 Å². The minimum absolute atomic E-state index is 0. The van der Waals surface area contributed by atoms with Crippen LogP contribution in [0.15, 0.2) is 0 Å². The molecule has 0 heterocycles. The van der Waals surface area contributed by atoms with Gasteiger partial charge in [-0.25, -0.2) is 0 Å². The van der Waals surface area contributed by atoms with E-state index in [9.17, 15) is 0 Å². The first-order valence-corrected chi connectivity index (χ1v) is 6.83. The number of unbranched alkanes of at least 4 members (excludes halogenated alkanes) is 4. The molecule has 0 unspecified atom stereocenters. The van der Waals surface area contributed by atoms with Crippen LogP contribution in [-0.2, 0) is 43.4 Å². The summed E-state index contributed by atoms with van der Waals surface area (Å²) >= 11 is 0. The van der Waals surface area contributed by atoms with Crippen LogP contribution in [0.1, 0.15) is 79.1 Å². The van der Waals surface area contributed by atoms with Crippen LogP contribution in [0, 0.1) is 27.7 Å². The Kier molecular flexibility index (Phi) is 128. The Labute approximate surface area is 149 Å². The number of rotatable bonds is 4. The Morgan fingerprint density at radius 1 is 0.500 bits per heavy atom. The average molecular weight is 324 g/mol. The molecule has 0 atom stereocenters. The topological polar surface area (TPSA) is 0 Å². The standard InChI is InChI=1S/4C4H9.2Ti/c4*1-3-4-2;;/h4*1,3-4H2,2H3;;/q4*-1;;+4. The third kappa shape index (κ3) is 160. The maximum Gasteiger partial charge on any atom is 4.00 e. The molecule has 0 N–H and O–H groups in total. The molecule has 0 aromatic carbocycles. The molecule has 0 rings (SSSR count). The second-order valence-corrected chi connectivity index (χ2v) is 3.41. The summed E-state index contributed by atoms with van der Waals surface area (Å²) in [5.74, 6) is 0. The van der Waals surface area contributed by atoms with Crippen LogP contribution in [0.25, 0.3) is 0 Å². The van der Waals surface area contributed by atoms with Crippen molar-refractivity contribution in [1.82, 2.24) is 0 Å². The smallest absolute Gasteiger partial charge is 0.343 e. The van der Waals surface area contributed by atoms with Gasteiger partial charge in [0.15, 0.2) is 0 Å². The van der Waals surface area contributed by atoms with Gasteiger partial charge < -0.3 is 27.7 Å². The molecule has 0 fully saturated rings. The van der Waals surface area contributed by atoms with Gasteiger partial charge in [-0.2, -0.15) is 25.7 Å². The third-order valence-corrected chi connectivity index (χ3v) is 1.41. The molecule has 0 nitrogen and oxygen atoms in total. The van der Waals surface area contributed by atoms with Crippen LogP contribution in [-0.4, -0.2) is 0 Å². The molecule has 108 valence electrons. The van der Waals surface area contributed by atoms with Crippen LogP contribution < -0.4 is 0 Å². The molecular formula is C16H36Ti2. The minimum Gasteiger partial charge on any atom is -0.343 e. The summed E-state index contributed by atoms with van der Waals surface area (Å²) in [6.07, 6.45) is 9.11. The Morgan fingerprint density at radius 2 is 0.556 bits per heavy atom. The van der Waals surface area contributed by atoms with Crippen molar-refractivity contribution in [2.45, 2.75) is 79.1 Å². The largest absolute Gasteiger partial charge is 4.00 e. The normalized spacial score (nSPS) is 6.67. The molecule has 0 aromatic heterocycles. The first-order valence-electron chi connectivity index (χ1n) is 6.83. The van der Waals surface area contributed by atoms with Crippen molar-refractivity contribution in [3.05, 3.63) is 27.7 Å².